The van der Waals surface area contributed by atoms with Crippen molar-refractivity contribution in [2.45, 2.75) is 46.1 Å². The van der Waals surface area contributed by atoms with Crippen LogP contribution < -0.4 is 5.73 Å². The van der Waals surface area contributed by atoms with Crippen molar-refractivity contribution >= 4 is 0 Å². The van der Waals surface area contributed by atoms with E-state index in [1.165, 1.54) is 11.1 Å². The highest BCUT2D eigenvalue weighted by molar-refractivity contribution is 5.31. The fraction of sp³-hybridized carbons (Fsp3) is 0.583. The molecule has 0 saturated carbocycles. The normalized spacial score (nSPS) is 11.4. The first kappa shape index (κ1) is 11.2. The van der Waals surface area contributed by atoms with E-state index in [-0.39, 0.29) is 0 Å². The van der Waals surface area contributed by atoms with Crippen LogP contribution in [0.25, 0.3) is 0 Å². The van der Waals surface area contributed by atoms with Gasteiger partial charge in [-0.2, -0.15) is 0 Å². The van der Waals surface area contributed by atoms with Gasteiger partial charge >= 0.3 is 0 Å². The molecule has 0 bridgehead atoms. The third kappa shape index (κ3) is 2.32. The molecule has 14 heavy (non-hydrogen) atoms. The second-order valence-electron chi connectivity index (χ2n) is 4.32. The van der Waals surface area contributed by atoms with Gasteiger partial charge in [-0.25, -0.2) is 0 Å². The second kappa shape index (κ2) is 4.56. The molecule has 2 N–H and O–H groups in total. The number of pyridine rings is 1. The van der Waals surface area contributed by atoms with Gasteiger partial charge < -0.3 is 5.73 Å². The molecule has 0 aliphatic carbocycles. The average molecular weight is 192 g/mol. The van der Waals surface area contributed by atoms with Crippen molar-refractivity contribution < 1.29 is 0 Å². The van der Waals surface area contributed by atoms with E-state index < -0.39 is 0 Å². The van der Waals surface area contributed by atoms with Gasteiger partial charge in [0.1, 0.15) is 0 Å². The van der Waals surface area contributed by atoms with Crippen LogP contribution in [0.3, 0.4) is 0 Å². The molecule has 0 saturated heterocycles. The smallest absolute Gasteiger partial charge is 0.0542 e. The average Bonchev–Trinajstić information content (AvgIpc) is 2.16. The lowest BCUT2D eigenvalue weighted by molar-refractivity contribution is 0.774. The molecule has 0 amide bonds. The van der Waals surface area contributed by atoms with Crippen LogP contribution in [0.15, 0.2) is 12.3 Å². The quantitative estimate of drug-likeness (QED) is 0.799. The van der Waals surface area contributed by atoms with Crippen molar-refractivity contribution in [3.05, 3.63) is 29.1 Å². The lowest BCUT2D eigenvalue weighted by Crippen LogP contribution is -2.05. The Morgan fingerprint density at radius 3 is 2.14 bits per heavy atom. The molecule has 1 heterocycles. The van der Waals surface area contributed by atoms with E-state index in [0.717, 1.165) is 5.69 Å². The molecule has 2 nitrogen and oxygen atoms in total. The van der Waals surface area contributed by atoms with Crippen LogP contribution in [-0.2, 0) is 6.54 Å². The Kier molecular flexibility index (Phi) is 3.64. The van der Waals surface area contributed by atoms with Crippen molar-refractivity contribution in [1.29, 1.82) is 0 Å². The van der Waals surface area contributed by atoms with E-state index in [1.807, 2.05) is 6.20 Å². The number of nitrogens with zero attached hydrogens (tertiary/aromatic N) is 1. The largest absolute Gasteiger partial charge is 0.325 e. The summed E-state index contributed by atoms with van der Waals surface area (Å²) in [6.07, 6.45) is 1.97. The summed E-state index contributed by atoms with van der Waals surface area (Å²) in [5.41, 5.74) is 9.30. The monoisotopic (exact) mass is 192 g/mol. The fourth-order valence-electron chi connectivity index (χ4n) is 1.62. The van der Waals surface area contributed by atoms with E-state index in [2.05, 4.69) is 38.7 Å². The number of nitrogens with two attached hydrogens (primary N) is 1. The lowest BCUT2D eigenvalue weighted by Gasteiger charge is -2.16. The molecule has 1 rings (SSSR count). The molecule has 2 heteroatoms. The molecule has 0 spiro atoms. The van der Waals surface area contributed by atoms with E-state index in [0.29, 0.717) is 18.4 Å². The van der Waals surface area contributed by atoms with Gasteiger partial charge in [0.25, 0.3) is 0 Å². The van der Waals surface area contributed by atoms with Crippen molar-refractivity contribution in [3.8, 4) is 0 Å². The molecular formula is C12H20N2. The Hall–Kier alpha value is -0.890. The SMILES string of the molecule is CC(C)c1cnc(CN)cc1C(C)C. The predicted octanol–water partition coefficient (Wildman–Crippen LogP) is 2.79. The summed E-state index contributed by atoms with van der Waals surface area (Å²) in [5, 5.41) is 0. The molecule has 1 aromatic heterocycles. The number of rotatable bonds is 3. The lowest BCUT2D eigenvalue weighted by atomic mass is 9.92. The zero-order chi connectivity index (χ0) is 10.7. The van der Waals surface area contributed by atoms with Crippen LogP contribution in [-0.4, -0.2) is 4.98 Å². The third-order valence-corrected chi connectivity index (χ3v) is 2.48. The van der Waals surface area contributed by atoms with Crippen molar-refractivity contribution in [2.75, 3.05) is 0 Å². The summed E-state index contributed by atoms with van der Waals surface area (Å²) < 4.78 is 0. The van der Waals surface area contributed by atoms with Crippen molar-refractivity contribution in [1.82, 2.24) is 4.98 Å². The highest BCUT2D eigenvalue weighted by Crippen LogP contribution is 2.25. The summed E-state index contributed by atoms with van der Waals surface area (Å²) in [4.78, 5) is 4.34. The van der Waals surface area contributed by atoms with Crippen LogP contribution in [0.4, 0.5) is 0 Å². The Bertz CT molecular complexity index is 303. The van der Waals surface area contributed by atoms with Crippen LogP contribution in [0, 0.1) is 0 Å². The molecule has 0 unspecified atom stereocenters. The highest BCUT2D eigenvalue weighted by atomic mass is 14.7. The summed E-state index contributed by atoms with van der Waals surface area (Å²) in [7, 11) is 0. The molecule has 0 radical (unpaired) electrons. The summed E-state index contributed by atoms with van der Waals surface area (Å²) in [5.74, 6) is 1.08. The van der Waals surface area contributed by atoms with Crippen LogP contribution in [0.5, 0.6) is 0 Å². The van der Waals surface area contributed by atoms with Crippen LogP contribution in [0.1, 0.15) is 56.4 Å². The van der Waals surface area contributed by atoms with Gasteiger partial charge in [0.15, 0.2) is 0 Å². The number of aromatic nitrogens is 1. The van der Waals surface area contributed by atoms with Crippen LogP contribution >= 0.6 is 0 Å². The maximum absolute atomic E-state index is 5.58. The number of hydrogen-bond acceptors (Lipinski definition) is 2. The Balaban J connectivity index is 3.17. The molecule has 0 aliphatic heterocycles. The first-order chi connectivity index (χ1) is 6.56. The maximum atomic E-state index is 5.58. The zero-order valence-electron chi connectivity index (χ0n) is 9.54. The molecule has 0 aliphatic rings. The minimum Gasteiger partial charge on any atom is -0.325 e. The minimum absolute atomic E-state index is 0.526. The van der Waals surface area contributed by atoms with E-state index in [4.69, 9.17) is 5.73 Å². The molecule has 0 aromatic carbocycles. The summed E-state index contributed by atoms with van der Waals surface area (Å²) in [6, 6.07) is 2.14. The third-order valence-electron chi connectivity index (χ3n) is 2.48. The molecular weight excluding hydrogens is 172 g/mol. The fourth-order valence-corrected chi connectivity index (χ4v) is 1.62. The molecule has 1 aromatic rings. The van der Waals surface area contributed by atoms with Gasteiger partial charge in [0.2, 0.25) is 0 Å². The minimum atomic E-state index is 0.526. The Morgan fingerprint density at radius 2 is 1.71 bits per heavy atom. The van der Waals surface area contributed by atoms with Gasteiger partial charge in [0, 0.05) is 12.7 Å². The van der Waals surface area contributed by atoms with Gasteiger partial charge in [-0.05, 0) is 29.0 Å². The van der Waals surface area contributed by atoms with Crippen molar-refractivity contribution in [3.63, 3.8) is 0 Å². The molecule has 0 atom stereocenters. The van der Waals surface area contributed by atoms with E-state index in [1.54, 1.807) is 0 Å². The Morgan fingerprint density at radius 1 is 1.14 bits per heavy atom. The summed E-state index contributed by atoms with van der Waals surface area (Å²) >= 11 is 0. The maximum Gasteiger partial charge on any atom is 0.0542 e. The standard InChI is InChI=1S/C12H20N2/c1-8(2)11-5-10(6-13)14-7-12(11)9(3)4/h5,7-9H,6,13H2,1-4H3. The summed E-state index contributed by atoms with van der Waals surface area (Å²) in [6.45, 7) is 9.34. The highest BCUT2D eigenvalue weighted by Gasteiger charge is 2.10. The van der Waals surface area contributed by atoms with Gasteiger partial charge in [0.05, 0.1) is 5.69 Å². The van der Waals surface area contributed by atoms with Gasteiger partial charge in [-0.3, -0.25) is 4.98 Å². The molecule has 0 fully saturated rings. The Labute approximate surface area is 86.5 Å². The number of hydrogen-bond donors (Lipinski definition) is 1. The van der Waals surface area contributed by atoms with E-state index >= 15 is 0 Å². The van der Waals surface area contributed by atoms with Crippen molar-refractivity contribution in [2.24, 2.45) is 5.73 Å². The zero-order valence-corrected chi connectivity index (χ0v) is 9.54. The first-order valence-corrected chi connectivity index (χ1v) is 5.25. The molecule has 78 valence electrons. The van der Waals surface area contributed by atoms with Gasteiger partial charge in [-0.15, -0.1) is 0 Å². The van der Waals surface area contributed by atoms with Crippen LogP contribution in [0.2, 0.25) is 0 Å². The topological polar surface area (TPSA) is 38.9 Å². The second-order valence-corrected chi connectivity index (χ2v) is 4.32. The first-order valence-electron chi connectivity index (χ1n) is 5.25. The van der Waals surface area contributed by atoms with Gasteiger partial charge in [-0.1, -0.05) is 27.7 Å². The predicted molar refractivity (Wildman–Crippen MR) is 60.3 cm³/mol. The van der Waals surface area contributed by atoms with E-state index in [9.17, 15) is 0 Å².